The van der Waals surface area contributed by atoms with Crippen LogP contribution >= 0.6 is 11.6 Å². The highest BCUT2D eigenvalue weighted by molar-refractivity contribution is 6.30. The number of halogens is 1. The monoisotopic (exact) mass is 240 g/mol. The van der Waals surface area contributed by atoms with Crippen molar-refractivity contribution >= 4 is 11.6 Å². The zero-order chi connectivity index (χ0) is 11.8. The van der Waals surface area contributed by atoms with E-state index in [9.17, 15) is 0 Å². The van der Waals surface area contributed by atoms with E-state index in [0.717, 1.165) is 11.3 Å². The summed E-state index contributed by atoms with van der Waals surface area (Å²) in [5.41, 5.74) is 4.15. The molecule has 0 amide bonds. The maximum absolute atomic E-state index is 6.02. The molecule has 1 aliphatic rings. The second-order valence-corrected chi connectivity index (χ2v) is 5.08. The van der Waals surface area contributed by atoms with Crippen LogP contribution < -0.4 is 16.0 Å². The molecule has 1 fully saturated rings. The van der Waals surface area contributed by atoms with E-state index in [2.05, 4.69) is 12.3 Å². The topological polar surface area (TPSA) is 47.3 Å². The molecule has 1 aromatic rings. The SMILES string of the molecule is COc1ccc(Cl)cc1C(NN)C1(C)CC1. The summed E-state index contributed by atoms with van der Waals surface area (Å²) < 4.78 is 5.35. The number of methoxy groups -OCH3 is 1. The van der Waals surface area contributed by atoms with E-state index in [1.54, 1.807) is 7.11 Å². The summed E-state index contributed by atoms with van der Waals surface area (Å²) in [6.45, 7) is 2.22. The Morgan fingerprint density at radius 1 is 1.50 bits per heavy atom. The minimum atomic E-state index is 0.0983. The lowest BCUT2D eigenvalue weighted by Gasteiger charge is -2.25. The van der Waals surface area contributed by atoms with Crippen molar-refractivity contribution in [2.75, 3.05) is 7.11 Å². The van der Waals surface area contributed by atoms with Crippen LogP contribution in [0, 0.1) is 5.41 Å². The van der Waals surface area contributed by atoms with E-state index < -0.39 is 0 Å². The molecule has 0 radical (unpaired) electrons. The van der Waals surface area contributed by atoms with Gasteiger partial charge >= 0.3 is 0 Å². The summed E-state index contributed by atoms with van der Waals surface area (Å²) in [5, 5.41) is 0.709. The van der Waals surface area contributed by atoms with Gasteiger partial charge in [0.1, 0.15) is 5.75 Å². The predicted molar refractivity (Wildman–Crippen MR) is 65.4 cm³/mol. The lowest BCUT2D eigenvalue weighted by Crippen LogP contribution is -2.33. The maximum atomic E-state index is 6.02. The summed E-state index contributed by atoms with van der Waals surface area (Å²) >= 11 is 6.02. The van der Waals surface area contributed by atoms with Gasteiger partial charge in [-0.25, -0.2) is 0 Å². The summed E-state index contributed by atoms with van der Waals surface area (Å²) in [6.07, 6.45) is 2.36. The smallest absolute Gasteiger partial charge is 0.123 e. The summed E-state index contributed by atoms with van der Waals surface area (Å²) in [6, 6.07) is 5.73. The average Bonchev–Trinajstić information content (AvgIpc) is 2.98. The van der Waals surface area contributed by atoms with E-state index in [1.165, 1.54) is 12.8 Å². The number of hydrazine groups is 1. The second-order valence-electron chi connectivity index (χ2n) is 4.64. The Balaban J connectivity index is 2.40. The van der Waals surface area contributed by atoms with E-state index in [1.807, 2.05) is 18.2 Å². The average molecular weight is 241 g/mol. The van der Waals surface area contributed by atoms with Crippen LogP contribution in [0.1, 0.15) is 31.4 Å². The van der Waals surface area contributed by atoms with Crippen LogP contribution in [0.5, 0.6) is 5.75 Å². The second kappa shape index (κ2) is 4.24. The number of rotatable bonds is 4. The lowest BCUT2D eigenvalue weighted by atomic mass is 9.92. The molecule has 0 spiro atoms. The minimum absolute atomic E-state index is 0.0983. The molecule has 3 nitrogen and oxygen atoms in total. The van der Waals surface area contributed by atoms with Crippen molar-refractivity contribution in [1.82, 2.24) is 5.43 Å². The highest BCUT2D eigenvalue weighted by Crippen LogP contribution is 2.55. The third-order valence-electron chi connectivity index (χ3n) is 3.41. The third kappa shape index (κ3) is 2.03. The molecule has 0 aliphatic heterocycles. The standard InChI is InChI=1S/C12H17ClN2O/c1-12(5-6-12)11(15-14)9-7-8(13)3-4-10(9)16-2/h3-4,7,11,15H,5-6,14H2,1-2H3. The van der Waals surface area contributed by atoms with Gasteiger partial charge in [-0.2, -0.15) is 0 Å². The van der Waals surface area contributed by atoms with E-state index in [4.69, 9.17) is 22.2 Å². The number of hydrogen-bond acceptors (Lipinski definition) is 3. The Bertz CT molecular complexity index is 391. The zero-order valence-electron chi connectivity index (χ0n) is 9.59. The summed E-state index contributed by atoms with van der Waals surface area (Å²) in [4.78, 5) is 0. The number of hydrogen-bond donors (Lipinski definition) is 2. The molecule has 0 bridgehead atoms. The van der Waals surface area contributed by atoms with Gasteiger partial charge in [-0.05, 0) is 36.5 Å². The molecule has 1 saturated carbocycles. The quantitative estimate of drug-likeness (QED) is 0.628. The van der Waals surface area contributed by atoms with Crippen molar-refractivity contribution < 1.29 is 4.74 Å². The van der Waals surface area contributed by atoms with Gasteiger partial charge in [-0.3, -0.25) is 11.3 Å². The van der Waals surface area contributed by atoms with Gasteiger partial charge in [0.15, 0.2) is 0 Å². The Hall–Kier alpha value is -0.770. The van der Waals surface area contributed by atoms with Crippen molar-refractivity contribution in [3.8, 4) is 5.75 Å². The highest BCUT2D eigenvalue weighted by Gasteiger charge is 2.46. The van der Waals surface area contributed by atoms with Crippen molar-refractivity contribution in [3.63, 3.8) is 0 Å². The Kier molecular flexibility index (Phi) is 3.10. The fourth-order valence-electron chi connectivity index (χ4n) is 2.08. The molecule has 0 heterocycles. The number of nitrogens with one attached hydrogen (secondary N) is 1. The molecule has 1 atom stereocenters. The van der Waals surface area contributed by atoms with Crippen LogP contribution in [0.3, 0.4) is 0 Å². The molecule has 0 saturated heterocycles. The number of benzene rings is 1. The van der Waals surface area contributed by atoms with Gasteiger partial charge in [-0.15, -0.1) is 0 Å². The Morgan fingerprint density at radius 3 is 2.69 bits per heavy atom. The molecular weight excluding hydrogens is 224 g/mol. The van der Waals surface area contributed by atoms with Gasteiger partial charge < -0.3 is 4.74 Å². The van der Waals surface area contributed by atoms with Crippen LogP contribution in [-0.4, -0.2) is 7.11 Å². The van der Waals surface area contributed by atoms with E-state index in [0.29, 0.717) is 5.02 Å². The minimum Gasteiger partial charge on any atom is -0.496 e. The molecule has 3 N–H and O–H groups in total. The first-order valence-electron chi connectivity index (χ1n) is 5.40. The van der Waals surface area contributed by atoms with Gasteiger partial charge in [0, 0.05) is 10.6 Å². The predicted octanol–water partition coefficient (Wildman–Crippen LogP) is 2.65. The van der Waals surface area contributed by atoms with Crippen LogP contribution in [0.4, 0.5) is 0 Å². The van der Waals surface area contributed by atoms with Gasteiger partial charge in [0.05, 0.1) is 13.2 Å². The van der Waals surface area contributed by atoms with Crippen LogP contribution in [-0.2, 0) is 0 Å². The van der Waals surface area contributed by atoms with Gasteiger partial charge in [0.25, 0.3) is 0 Å². The molecule has 4 heteroatoms. The van der Waals surface area contributed by atoms with Gasteiger partial charge in [-0.1, -0.05) is 18.5 Å². The Morgan fingerprint density at radius 2 is 2.19 bits per heavy atom. The largest absolute Gasteiger partial charge is 0.496 e. The molecule has 16 heavy (non-hydrogen) atoms. The van der Waals surface area contributed by atoms with Crippen molar-refractivity contribution in [1.29, 1.82) is 0 Å². The van der Waals surface area contributed by atoms with Crippen molar-refractivity contribution in [2.45, 2.75) is 25.8 Å². The first-order valence-corrected chi connectivity index (χ1v) is 5.78. The molecule has 1 aliphatic carbocycles. The number of nitrogens with two attached hydrogens (primary N) is 1. The van der Waals surface area contributed by atoms with Crippen molar-refractivity contribution in [2.24, 2.45) is 11.3 Å². The van der Waals surface area contributed by atoms with Crippen LogP contribution in [0.15, 0.2) is 18.2 Å². The van der Waals surface area contributed by atoms with Gasteiger partial charge in [0.2, 0.25) is 0 Å². The molecule has 0 aromatic heterocycles. The zero-order valence-corrected chi connectivity index (χ0v) is 10.3. The first-order chi connectivity index (χ1) is 7.60. The third-order valence-corrected chi connectivity index (χ3v) is 3.64. The first kappa shape index (κ1) is 11.7. The van der Waals surface area contributed by atoms with Crippen LogP contribution in [0.2, 0.25) is 5.02 Å². The fourth-order valence-corrected chi connectivity index (χ4v) is 2.26. The number of ether oxygens (including phenoxy) is 1. The molecule has 88 valence electrons. The van der Waals surface area contributed by atoms with Crippen LogP contribution in [0.25, 0.3) is 0 Å². The maximum Gasteiger partial charge on any atom is 0.123 e. The van der Waals surface area contributed by atoms with E-state index in [-0.39, 0.29) is 11.5 Å². The lowest BCUT2D eigenvalue weighted by molar-refractivity contribution is 0.346. The van der Waals surface area contributed by atoms with Crippen molar-refractivity contribution in [3.05, 3.63) is 28.8 Å². The highest BCUT2D eigenvalue weighted by atomic mass is 35.5. The fraction of sp³-hybridized carbons (Fsp3) is 0.500. The summed E-state index contributed by atoms with van der Waals surface area (Å²) in [7, 11) is 1.66. The molecule has 2 rings (SSSR count). The molecular formula is C12H17ClN2O. The normalized spacial score (nSPS) is 19.2. The summed E-state index contributed by atoms with van der Waals surface area (Å²) in [5.74, 6) is 6.49. The Labute approximate surface area is 101 Å². The molecule has 1 aromatic carbocycles. The van der Waals surface area contributed by atoms with E-state index >= 15 is 0 Å². The molecule has 1 unspecified atom stereocenters.